The Morgan fingerprint density at radius 1 is 1.30 bits per heavy atom. The molecule has 2 aromatic heterocycles. The summed E-state index contributed by atoms with van der Waals surface area (Å²) in [6, 6.07) is 9.14. The molecular formula is C20H20N4O3. The van der Waals surface area contributed by atoms with Crippen LogP contribution in [0.25, 0.3) is 11.4 Å². The van der Waals surface area contributed by atoms with E-state index in [0.29, 0.717) is 31.1 Å². The maximum Gasteiger partial charge on any atom is 0.254 e. The molecule has 3 aromatic rings. The summed E-state index contributed by atoms with van der Waals surface area (Å²) in [7, 11) is 1.53. The van der Waals surface area contributed by atoms with Gasteiger partial charge in [-0.1, -0.05) is 12.1 Å². The highest BCUT2D eigenvalue weighted by molar-refractivity contribution is 5.53. The second-order valence-corrected chi connectivity index (χ2v) is 6.51. The van der Waals surface area contributed by atoms with Crippen LogP contribution >= 0.6 is 0 Å². The molecule has 1 aliphatic rings. The molecule has 0 atom stereocenters. The number of fused-ring (bicyclic) bond motifs is 1. The SMILES string of the molecule is COc1cccc(CN2CCc3c(nc(-c4cccnc4)[nH]c3=O)C2)c1O. The fraction of sp³-hybridized carbons (Fsp3) is 0.250. The fourth-order valence-corrected chi connectivity index (χ4v) is 3.37. The standard InChI is InChI=1S/C20H20N4O3/c1-27-17-6-2-4-14(18(17)25)11-24-9-7-15-16(12-24)22-19(23-20(15)26)13-5-3-8-21-10-13/h2-6,8,10,25H,7,9,11-12H2,1H3,(H,22,23,26). The number of aromatic amines is 1. The highest BCUT2D eigenvalue weighted by Crippen LogP contribution is 2.31. The molecule has 0 amide bonds. The summed E-state index contributed by atoms with van der Waals surface area (Å²) in [4.78, 5) is 26.2. The van der Waals surface area contributed by atoms with Crippen LogP contribution in [0.3, 0.4) is 0 Å². The molecule has 4 rings (SSSR count). The second kappa shape index (κ2) is 7.20. The molecule has 7 nitrogen and oxygen atoms in total. The summed E-state index contributed by atoms with van der Waals surface area (Å²) >= 11 is 0. The number of ether oxygens (including phenoxy) is 1. The monoisotopic (exact) mass is 364 g/mol. The zero-order valence-corrected chi connectivity index (χ0v) is 15.0. The molecule has 0 saturated carbocycles. The number of hydrogen-bond donors (Lipinski definition) is 2. The van der Waals surface area contributed by atoms with Gasteiger partial charge in [-0.15, -0.1) is 0 Å². The van der Waals surface area contributed by atoms with Crippen LogP contribution in [0.2, 0.25) is 0 Å². The maximum atomic E-state index is 12.5. The van der Waals surface area contributed by atoms with Crippen LogP contribution in [0.15, 0.2) is 47.5 Å². The maximum absolute atomic E-state index is 12.5. The zero-order valence-electron chi connectivity index (χ0n) is 15.0. The van der Waals surface area contributed by atoms with E-state index in [0.717, 1.165) is 28.9 Å². The van der Waals surface area contributed by atoms with E-state index in [2.05, 4.69) is 19.9 Å². The smallest absolute Gasteiger partial charge is 0.254 e. The predicted octanol–water partition coefficient (Wildman–Crippen LogP) is 2.10. The van der Waals surface area contributed by atoms with Crippen LogP contribution in [0.5, 0.6) is 11.5 Å². The number of phenols is 1. The van der Waals surface area contributed by atoms with Crippen LogP contribution in [-0.4, -0.2) is 38.6 Å². The number of methoxy groups -OCH3 is 1. The average Bonchev–Trinajstić information content (AvgIpc) is 2.70. The van der Waals surface area contributed by atoms with Crippen molar-refractivity contribution in [1.29, 1.82) is 0 Å². The largest absolute Gasteiger partial charge is 0.504 e. The van der Waals surface area contributed by atoms with Gasteiger partial charge in [-0.2, -0.15) is 0 Å². The summed E-state index contributed by atoms with van der Waals surface area (Å²) in [5.74, 6) is 1.14. The number of aromatic hydroxyl groups is 1. The van der Waals surface area contributed by atoms with Gasteiger partial charge in [0.15, 0.2) is 11.5 Å². The first-order valence-corrected chi connectivity index (χ1v) is 8.75. The first-order chi connectivity index (χ1) is 13.2. The van der Waals surface area contributed by atoms with E-state index < -0.39 is 0 Å². The molecular weight excluding hydrogens is 344 g/mol. The summed E-state index contributed by atoms with van der Waals surface area (Å²) < 4.78 is 5.18. The van der Waals surface area contributed by atoms with Crippen LogP contribution < -0.4 is 10.3 Å². The zero-order chi connectivity index (χ0) is 18.8. The Hall–Kier alpha value is -3.19. The van der Waals surface area contributed by atoms with Crippen molar-refractivity contribution in [2.75, 3.05) is 13.7 Å². The molecule has 1 aromatic carbocycles. The molecule has 0 spiro atoms. The number of benzene rings is 1. The van der Waals surface area contributed by atoms with Gasteiger partial charge >= 0.3 is 0 Å². The lowest BCUT2D eigenvalue weighted by Gasteiger charge is -2.28. The van der Waals surface area contributed by atoms with Crippen LogP contribution in [0.1, 0.15) is 16.8 Å². The molecule has 2 N–H and O–H groups in total. The van der Waals surface area contributed by atoms with Crippen molar-refractivity contribution in [2.45, 2.75) is 19.5 Å². The van der Waals surface area contributed by atoms with E-state index in [1.165, 1.54) is 7.11 Å². The molecule has 1 aliphatic heterocycles. The Morgan fingerprint density at radius 3 is 2.96 bits per heavy atom. The van der Waals surface area contributed by atoms with Crippen molar-refractivity contribution < 1.29 is 9.84 Å². The highest BCUT2D eigenvalue weighted by atomic mass is 16.5. The van der Waals surface area contributed by atoms with Gasteiger partial charge in [0, 0.05) is 48.7 Å². The van der Waals surface area contributed by atoms with E-state index in [-0.39, 0.29) is 11.3 Å². The summed E-state index contributed by atoms with van der Waals surface area (Å²) in [6.45, 7) is 1.82. The van der Waals surface area contributed by atoms with E-state index in [1.54, 1.807) is 18.5 Å². The third-order valence-corrected chi connectivity index (χ3v) is 4.78. The lowest BCUT2D eigenvalue weighted by atomic mass is 10.0. The summed E-state index contributed by atoms with van der Waals surface area (Å²) in [5.41, 5.74) is 2.97. The number of nitrogens with one attached hydrogen (secondary N) is 1. The molecule has 7 heteroatoms. The average molecular weight is 364 g/mol. The van der Waals surface area contributed by atoms with Gasteiger partial charge in [0.2, 0.25) is 0 Å². The topological polar surface area (TPSA) is 91.3 Å². The van der Waals surface area contributed by atoms with Crippen LogP contribution in [-0.2, 0) is 19.5 Å². The van der Waals surface area contributed by atoms with Gasteiger partial charge in [0.25, 0.3) is 5.56 Å². The molecule has 0 unspecified atom stereocenters. The Labute approximate surface area is 156 Å². The quantitative estimate of drug-likeness (QED) is 0.737. The fourth-order valence-electron chi connectivity index (χ4n) is 3.37. The molecule has 3 heterocycles. The predicted molar refractivity (Wildman–Crippen MR) is 101 cm³/mol. The molecule has 0 saturated heterocycles. The Kier molecular flexibility index (Phi) is 4.60. The van der Waals surface area contributed by atoms with Gasteiger partial charge in [-0.3, -0.25) is 14.7 Å². The lowest BCUT2D eigenvalue weighted by Crippen LogP contribution is -2.35. The molecule has 0 aliphatic carbocycles. The first kappa shape index (κ1) is 17.2. The van der Waals surface area contributed by atoms with Crippen molar-refractivity contribution >= 4 is 0 Å². The first-order valence-electron chi connectivity index (χ1n) is 8.75. The number of nitrogens with zero attached hydrogens (tertiary/aromatic N) is 3. The van der Waals surface area contributed by atoms with Gasteiger partial charge in [-0.25, -0.2) is 4.98 Å². The number of H-pyrrole nitrogens is 1. The van der Waals surface area contributed by atoms with E-state index in [1.807, 2.05) is 24.3 Å². The van der Waals surface area contributed by atoms with Gasteiger partial charge < -0.3 is 14.8 Å². The number of pyridine rings is 1. The Bertz CT molecular complexity index is 1020. The van der Waals surface area contributed by atoms with Crippen LogP contribution in [0, 0.1) is 0 Å². The molecule has 27 heavy (non-hydrogen) atoms. The summed E-state index contributed by atoms with van der Waals surface area (Å²) in [5, 5.41) is 10.3. The summed E-state index contributed by atoms with van der Waals surface area (Å²) in [6.07, 6.45) is 3.98. The lowest BCUT2D eigenvalue weighted by molar-refractivity contribution is 0.236. The molecule has 138 valence electrons. The Morgan fingerprint density at radius 2 is 2.19 bits per heavy atom. The molecule has 0 bridgehead atoms. The van der Waals surface area contributed by atoms with Crippen molar-refractivity contribution in [3.05, 3.63) is 69.9 Å². The van der Waals surface area contributed by atoms with Crippen LogP contribution in [0.4, 0.5) is 0 Å². The van der Waals surface area contributed by atoms with E-state index in [4.69, 9.17) is 4.74 Å². The number of phenolic OH excluding ortho intramolecular Hbond substituents is 1. The second-order valence-electron chi connectivity index (χ2n) is 6.51. The number of rotatable bonds is 4. The van der Waals surface area contributed by atoms with E-state index in [9.17, 15) is 9.90 Å². The Balaban J connectivity index is 1.61. The molecule has 0 radical (unpaired) electrons. The van der Waals surface area contributed by atoms with Gasteiger partial charge in [0.05, 0.1) is 12.8 Å². The minimum atomic E-state index is -0.0947. The third kappa shape index (κ3) is 3.41. The minimum absolute atomic E-state index is 0.0947. The third-order valence-electron chi connectivity index (χ3n) is 4.78. The van der Waals surface area contributed by atoms with Gasteiger partial charge in [0.1, 0.15) is 5.82 Å². The van der Waals surface area contributed by atoms with E-state index >= 15 is 0 Å². The number of aromatic nitrogens is 3. The van der Waals surface area contributed by atoms with Crippen molar-refractivity contribution in [1.82, 2.24) is 19.9 Å². The molecule has 0 fully saturated rings. The van der Waals surface area contributed by atoms with Gasteiger partial charge in [-0.05, 0) is 24.6 Å². The highest BCUT2D eigenvalue weighted by Gasteiger charge is 2.22. The number of hydrogen-bond acceptors (Lipinski definition) is 6. The minimum Gasteiger partial charge on any atom is -0.504 e. The van der Waals surface area contributed by atoms with Crippen molar-refractivity contribution in [3.8, 4) is 22.9 Å². The number of para-hydroxylation sites is 1. The van der Waals surface area contributed by atoms with Crippen molar-refractivity contribution in [2.24, 2.45) is 0 Å². The van der Waals surface area contributed by atoms with Crippen molar-refractivity contribution in [3.63, 3.8) is 0 Å². The normalized spacial score (nSPS) is 14.0.